The van der Waals surface area contributed by atoms with E-state index >= 15 is 0 Å². The van der Waals surface area contributed by atoms with E-state index in [-0.39, 0.29) is 17.2 Å². The summed E-state index contributed by atoms with van der Waals surface area (Å²) in [4.78, 5) is 23.2. The molecule has 1 amide bonds. The number of H-pyrrole nitrogens is 1. The van der Waals surface area contributed by atoms with Crippen molar-refractivity contribution in [3.05, 3.63) is 40.7 Å². The Balaban J connectivity index is 2.28. The third kappa shape index (κ3) is 2.86. The zero-order valence-corrected chi connectivity index (χ0v) is 11.9. The summed E-state index contributed by atoms with van der Waals surface area (Å²) in [5.74, 6) is -1.23. The molecule has 2 rings (SSSR count). The van der Waals surface area contributed by atoms with Crippen LogP contribution in [0.3, 0.4) is 0 Å². The molecule has 7 heteroatoms. The molecule has 21 heavy (non-hydrogen) atoms. The van der Waals surface area contributed by atoms with Crippen LogP contribution in [0, 0.1) is 13.8 Å². The minimum atomic E-state index is -1.09. The lowest BCUT2D eigenvalue weighted by atomic mass is 10.1. The van der Waals surface area contributed by atoms with Crippen LogP contribution in [-0.2, 0) is 0 Å². The Morgan fingerprint density at radius 1 is 1.33 bits per heavy atom. The first-order chi connectivity index (χ1) is 9.93. The molecule has 1 aromatic heterocycles. The van der Waals surface area contributed by atoms with Crippen LogP contribution in [0.25, 0.3) is 0 Å². The molecule has 0 bridgehead atoms. The maximum Gasteiger partial charge on any atom is 0.339 e. The number of hydrogen-bond donors (Lipinski definition) is 3. The van der Waals surface area contributed by atoms with Gasteiger partial charge in [-0.25, -0.2) is 4.79 Å². The molecular weight excluding hydrogens is 274 g/mol. The number of nitrogens with one attached hydrogen (secondary N) is 2. The average molecular weight is 289 g/mol. The van der Waals surface area contributed by atoms with Crippen molar-refractivity contribution >= 4 is 17.6 Å². The van der Waals surface area contributed by atoms with Gasteiger partial charge in [0.05, 0.1) is 18.4 Å². The van der Waals surface area contributed by atoms with Crippen molar-refractivity contribution < 1.29 is 19.4 Å². The lowest BCUT2D eigenvalue weighted by molar-refractivity contribution is 0.0693. The highest BCUT2D eigenvalue weighted by Gasteiger charge is 2.17. The molecule has 0 radical (unpaired) electrons. The molecule has 0 aliphatic carbocycles. The number of nitrogens with zero attached hydrogens (tertiary/aromatic N) is 1. The normalized spacial score (nSPS) is 10.2. The Morgan fingerprint density at radius 3 is 2.57 bits per heavy atom. The molecule has 0 spiro atoms. The molecule has 0 aliphatic rings. The Labute approximate surface area is 120 Å². The minimum absolute atomic E-state index is 0.0335. The topological polar surface area (TPSA) is 104 Å². The second-order valence-electron chi connectivity index (χ2n) is 4.48. The summed E-state index contributed by atoms with van der Waals surface area (Å²) in [6, 6.07) is 4.35. The molecule has 0 unspecified atom stereocenters. The van der Waals surface area contributed by atoms with Crippen LogP contribution in [0.5, 0.6) is 5.75 Å². The lowest BCUT2D eigenvalue weighted by Crippen LogP contribution is -2.14. The highest BCUT2D eigenvalue weighted by molar-refractivity contribution is 6.06. The Bertz CT molecular complexity index is 687. The van der Waals surface area contributed by atoms with E-state index in [9.17, 15) is 9.59 Å². The third-order valence-corrected chi connectivity index (χ3v) is 3.04. The largest absolute Gasteiger partial charge is 0.496 e. The summed E-state index contributed by atoms with van der Waals surface area (Å²) in [6.45, 7) is 3.48. The fourth-order valence-electron chi connectivity index (χ4n) is 2.02. The maximum absolute atomic E-state index is 12.2. The van der Waals surface area contributed by atoms with E-state index in [4.69, 9.17) is 9.84 Å². The summed E-state index contributed by atoms with van der Waals surface area (Å²) >= 11 is 0. The first kappa shape index (κ1) is 14.6. The van der Waals surface area contributed by atoms with E-state index in [0.717, 1.165) is 0 Å². The fraction of sp³-hybridized carbons (Fsp3) is 0.214. The van der Waals surface area contributed by atoms with Crippen LogP contribution >= 0.6 is 0 Å². The Hall–Kier alpha value is -2.83. The molecule has 0 fully saturated rings. The summed E-state index contributed by atoms with van der Waals surface area (Å²) in [6.07, 6.45) is 0. The van der Waals surface area contributed by atoms with Gasteiger partial charge in [0.15, 0.2) is 0 Å². The molecule has 0 atom stereocenters. The van der Waals surface area contributed by atoms with Gasteiger partial charge >= 0.3 is 5.97 Å². The van der Waals surface area contributed by atoms with E-state index in [1.807, 2.05) is 0 Å². The highest BCUT2D eigenvalue weighted by Crippen LogP contribution is 2.24. The number of methoxy groups -OCH3 is 1. The standard InChI is InChI=1S/C14H15N3O4/c1-7-12(8(2)17-16-7)13(18)15-9-4-5-10(14(19)20)11(6-9)21-3/h4-6H,1-3H3,(H,15,18)(H,16,17)(H,19,20). The molecule has 0 aliphatic heterocycles. The number of hydrogen-bond acceptors (Lipinski definition) is 4. The van der Waals surface area contributed by atoms with E-state index in [0.29, 0.717) is 22.6 Å². The van der Waals surface area contributed by atoms with Gasteiger partial charge in [0, 0.05) is 17.4 Å². The van der Waals surface area contributed by atoms with Gasteiger partial charge in [-0.2, -0.15) is 5.10 Å². The predicted octanol–water partition coefficient (Wildman–Crippen LogP) is 1.99. The number of amides is 1. The monoisotopic (exact) mass is 289 g/mol. The average Bonchev–Trinajstić information content (AvgIpc) is 2.77. The second kappa shape index (κ2) is 5.66. The van der Waals surface area contributed by atoms with Crippen molar-refractivity contribution in [2.75, 3.05) is 12.4 Å². The van der Waals surface area contributed by atoms with E-state index in [1.54, 1.807) is 13.8 Å². The van der Waals surface area contributed by atoms with Crippen LogP contribution in [0.15, 0.2) is 18.2 Å². The number of anilines is 1. The first-order valence-corrected chi connectivity index (χ1v) is 6.18. The molecular formula is C14H15N3O4. The lowest BCUT2D eigenvalue weighted by Gasteiger charge is -2.09. The number of carboxylic acid groups (broad SMARTS) is 1. The second-order valence-corrected chi connectivity index (χ2v) is 4.48. The van der Waals surface area contributed by atoms with Crippen LogP contribution in [0.4, 0.5) is 5.69 Å². The molecule has 2 aromatic rings. The van der Waals surface area contributed by atoms with Crippen molar-refractivity contribution in [1.29, 1.82) is 0 Å². The van der Waals surface area contributed by atoms with E-state index in [2.05, 4.69) is 15.5 Å². The number of aryl methyl sites for hydroxylation is 2. The van der Waals surface area contributed by atoms with Crippen molar-refractivity contribution in [2.45, 2.75) is 13.8 Å². The van der Waals surface area contributed by atoms with Crippen molar-refractivity contribution in [2.24, 2.45) is 0 Å². The predicted molar refractivity (Wildman–Crippen MR) is 76.0 cm³/mol. The SMILES string of the molecule is COc1cc(NC(=O)c2c(C)n[nH]c2C)ccc1C(=O)O. The van der Waals surface area contributed by atoms with Gasteiger partial charge in [0.2, 0.25) is 0 Å². The van der Waals surface area contributed by atoms with Gasteiger partial charge < -0.3 is 15.2 Å². The van der Waals surface area contributed by atoms with Crippen molar-refractivity contribution in [3.8, 4) is 5.75 Å². The number of aromatic carboxylic acids is 1. The number of ether oxygens (including phenoxy) is 1. The number of aromatic nitrogens is 2. The smallest absolute Gasteiger partial charge is 0.339 e. The quantitative estimate of drug-likeness (QED) is 0.798. The molecule has 3 N–H and O–H groups in total. The van der Waals surface area contributed by atoms with Gasteiger partial charge in [-0.05, 0) is 26.0 Å². The Kier molecular flexibility index (Phi) is 3.93. The molecule has 1 aromatic carbocycles. The Morgan fingerprint density at radius 2 is 2.05 bits per heavy atom. The van der Waals surface area contributed by atoms with Crippen LogP contribution < -0.4 is 10.1 Å². The fourth-order valence-corrected chi connectivity index (χ4v) is 2.02. The number of carbonyl (C=O) groups is 2. The molecule has 0 saturated carbocycles. The van der Waals surface area contributed by atoms with E-state index < -0.39 is 5.97 Å². The van der Waals surface area contributed by atoms with Gasteiger partial charge in [-0.1, -0.05) is 0 Å². The number of carboxylic acids is 1. The molecule has 110 valence electrons. The van der Waals surface area contributed by atoms with Crippen LogP contribution in [-0.4, -0.2) is 34.3 Å². The summed E-state index contributed by atoms with van der Waals surface area (Å²) in [7, 11) is 1.37. The van der Waals surface area contributed by atoms with Gasteiger partial charge in [-0.15, -0.1) is 0 Å². The molecule has 1 heterocycles. The zero-order valence-electron chi connectivity index (χ0n) is 11.9. The van der Waals surface area contributed by atoms with Crippen molar-refractivity contribution in [3.63, 3.8) is 0 Å². The molecule has 7 nitrogen and oxygen atoms in total. The first-order valence-electron chi connectivity index (χ1n) is 6.18. The minimum Gasteiger partial charge on any atom is -0.496 e. The zero-order chi connectivity index (χ0) is 15.6. The summed E-state index contributed by atoms with van der Waals surface area (Å²) < 4.78 is 5.02. The highest BCUT2D eigenvalue weighted by atomic mass is 16.5. The number of benzene rings is 1. The van der Waals surface area contributed by atoms with Gasteiger partial charge in [-0.3, -0.25) is 9.89 Å². The summed E-state index contributed by atoms with van der Waals surface area (Å²) in [5.41, 5.74) is 2.21. The van der Waals surface area contributed by atoms with Crippen molar-refractivity contribution in [1.82, 2.24) is 10.2 Å². The van der Waals surface area contributed by atoms with Crippen LogP contribution in [0.2, 0.25) is 0 Å². The maximum atomic E-state index is 12.2. The van der Waals surface area contributed by atoms with Crippen LogP contribution in [0.1, 0.15) is 32.1 Å². The third-order valence-electron chi connectivity index (χ3n) is 3.04. The summed E-state index contributed by atoms with van der Waals surface area (Å²) in [5, 5.41) is 18.4. The van der Waals surface area contributed by atoms with Gasteiger partial charge in [0.25, 0.3) is 5.91 Å². The van der Waals surface area contributed by atoms with E-state index in [1.165, 1.54) is 25.3 Å². The number of rotatable bonds is 4. The van der Waals surface area contributed by atoms with Gasteiger partial charge in [0.1, 0.15) is 11.3 Å². The number of aromatic amines is 1. The number of carbonyl (C=O) groups excluding carboxylic acids is 1. The molecule has 0 saturated heterocycles.